The molecular formula is C32H33Cl2N3O5. The molecule has 1 N–H and O–H groups in total. The van der Waals surface area contributed by atoms with Gasteiger partial charge in [0.1, 0.15) is 5.69 Å². The Hall–Kier alpha value is -3.62. The van der Waals surface area contributed by atoms with Crippen LogP contribution in [-0.2, 0) is 16.1 Å². The van der Waals surface area contributed by atoms with Crippen LogP contribution in [0, 0.1) is 16.0 Å². The molecule has 10 heteroatoms. The largest absolute Gasteiger partial charge is 0.481 e. The molecule has 42 heavy (non-hydrogen) atoms. The fraction of sp³-hybridized carbons (Fsp3) is 0.375. The minimum atomic E-state index is -1.04. The highest BCUT2D eigenvalue weighted by Crippen LogP contribution is 2.39. The number of aliphatic carboxylic acids is 1. The fourth-order valence-electron chi connectivity index (χ4n) is 5.67. The van der Waals surface area contributed by atoms with Gasteiger partial charge in [-0.15, -0.1) is 0 Å². The average molecular weight is 611 g/mol. The summed E-state index contributed by atoms with van der Waals surface area (Å²) >= 11 is 12.4. The predicted molar refractivity (Wildman–Crippen MR) is 164 cm³/mol. The van der Waals surface area contributed by atoms with E-state index in [1.54, 1.807) is 29.2 Å². The van der Waals surface area contributed by atoms with Gasteiger partial charge in [-0.05, 0) is 72.2 Å². The van der Waals surface area contributed by atoms with Crippen LogP contribution in [0.1, 0.15) is 62.1 Å². The van der Waals surface area contributed by atoms with Crippen molar-refractivity contribution in [2.45, 2.75) is 57.5 Å². The summed E-state index contributed by atoms with van der Waals surface area (Å²) in [6.07, 6.45) is 5.54. The fourth-order valence-corrected chi connectivity index (χ4v) is 5.98. The lowest BCUT2D eigenvalue weighted by Gasteiger charge is -2.32. The Bertz CT molecular complexity index is 1480. The topological polar surface area (TPSA) is 104 Å². The van der Waals surface area contributed by atoms with Gasteiger partial charge in [-0.2, -0.15) is 0 Å². The molecule has 1 saturated carbocycles. The average Bonchev–Trinajstić information content (AvgIpc) is 3.84. The quantitative estimate of drug-likeness (QED) is 0.185. The van der Waals surface area contributed by atoms with E-state index in [0.717, 1.165) is 62.7 Å². The molecule has 1 aliphatic heterocycles. The molecule has 0 aromatic heterocycles. The van der Waals surface area contributed by atoms with Gasteiger partial charge >= 0.3 is 5.97 Å². The number of nitro groups is 1. The van der Waals surface area contributed by atoms with Gasteiger partial charge in [-0.3, -0.25) is 19.7 Å². The number of nitro benzene ring substituents is 1. The maximum absolute atomic E-state index is 13.5. The number of hydrogen-bond acceptors (Lipinski definition) is 5. The predicted octanol–water partition coefficient (Wildman–Crippen LogP) is 7.90. The van der Waals surface area contributed by atoms with Crippen LogP contribution in [0.2, 0.25) is 10.0 Å². The Morgan fingerprint density at radius 2 is 1.67 bits per heavy atom. The zero-order valence-corrected chi connectivity index (χ0v) is 24.7. The number of nitrogens with zero attached hydrogens (tertiary/aromatic N) is 3. The minimum Gasteiger partial charge on any atom is -0.481 e. The SMILES string of the molecule is O=C(O)CC(c1ccc(Cl)c(Cl)c1)N(Cc1cccc(-c2ccc(N3CCCCCC3)c([N+](=O)[O-])c2)c1)C(=O)C1CC1. The Morgan fingerprint density at radius 1 is 0.952 bits per heavy atom. The van der Waals surface area contributed by atoms with E-state index >= 15 is 0 Å². The maximum atomic E-state index is 13.5. The first-order valence-electron chi connectivity index (χ1n) is 14.3. The van der Waals surface area contributed by atoms with Crippen molar-refractivity contribution in [2.24, 2.45) is 5.92 Å². The number of halogens is 2. The van der Waals surface area contributed by atoms with Crippen molar-refractivity contribution in [3.05, 3.63) is 92.0 Å². The molecule has 2 aliphatic rings. The van der Waals surface area contributed by atoms with Gasteiger partial charge in [0.2, 0.25) is 5.91 Å². The third-order valence-electron chi connectivity index (χ3n) is 8.01. The van der Waals surface area contributed by atoms with Crippen LogP contribution < -0.4 is 4.90 Å². The van der Waals surface area contributed by atoms with Gasteiger partial charge < -0.3 is 14.9 Å². The van der Waals surface area contributed by atoms with Crippen LogP contribution in [-0.4, -0.2) is 39.9 Å². The Kier molecular flexibility index (Phi) is 9.34. The van der Waals surface area contributed by atoms with E-state index in [1.165, 1.54) is 0 Å². The van der Waals surface area contributed by atoms with Crippen LogP contribution in [0.4, 0.5) is 11.4 Å². The number of amides is 1. The molecule has 1 aliphatic carbocycles. The van der Waals surface area contributed by atoms with Crippen molar-refractivity contribution in [2.75, 3.05) is 18.0 Å². The minimum absolute atomic E-state index is 0.0754. The molecule has 2 fully saturated rings. The molecule has 0 spiro atoms. The van der Waals surface area contributed by atoms with E-state index in [0.29, 0.717) is 21.8 Å². The number of carboxylic acid groups (broad SMARTS) is 1. The smallest absolute Gasteiger partial charge is 0.305 e. The molecule has 0 radical (unpaired) electrons. The first-order valence-corrected chi connectivity index (χ1v) is 15.1. The molecule has 8 nitrogen and oxygen atoms in total. The monoisotopic (exact) mass is 609 g/mol. The van der Waals surface area contributed by atoms with Crippen LogP contribution in [0.15, 0.2) is 60.7 Å². The Morgan fingerprint density at radius 3 is 2.31 bits per heavy atom. The summed E-state index contributed by atoms with van der Waals surface area (Å²) in [5, 5.41) is 22.5. The molecule has 3 aromatic carbocycles. The number of carbonyl (C=O) groups excluding carboxylic acids is 1. The van der Waals surface area contributed by atoms with Gasteiger partial charge in [-0.1, -0.05) is 66.4 Å². The van der Waals surface area contributed by atoms with Crippen LogP contribution in [0.5, 0.6) is 0 Å². The molecule has 1 saturated heterocycles. The molecule has 5 rings (SSSR count). The van der Waals surface area contributed by atoms with E-state index < -0.39 is 12.0 Å². The zero-order valence-electron chi connectivity index (χ0n) is 23.2. The number of hydrogen-bond donors (Lipinski definition) is 1. The van der Waals surface area contributed by atoms with Crippen LogP contribution in [0.25, 0.3) is 11.1 Å². The maximum Gasteiger partial charge on any atom is 0.305 e. The van der Waals surface area contributed by atoms with Crippen molar-refractivity contribution < 1.29 is 19.6 Å². The summed E-state index contributed by atoms with van der Waals surface area (Å²) in [5.74, 6) is -1.28. The van der Waals surface area contributed by atoms with Gasteiger partial charge in [-0.25, -0.2) is 0 Å². The summed E-state index contributed by atoms with van der Waals surface area (Å²) in [6.45, 7) is 1.78. The summed E-state index contributed by atoms with van der Waals surface area (Å²) in [7, 11) is 0. The van der Waals surface area contributed by atoms with E-state index in [-0.39, 0.29) is 40.4 Å². The molecule has 1 unspecified atom stereocenters. The number of carbonyl (C=O) groups is 2. The zero-order chi connectivity index (χ0) is 29.8. The molecule has 3 aromatic rings. The van der Waals surface area contributed by atoms with E-state index in [4.69, 9.17) is 23.2 Å². The highest BCUT2D eigenvalue weighted by molar-refractivity contribution is 6.42. The third kappa shape index (κ3) is 7.05. The lowest BCUT2D eigenvalue weighted by molar-refractivity contribution is -0.384. The number of benzene rings is 3. The van der Waals surface area contributed by atoms with Gasteiger partial charge in [0, 0.05) is 31.6 Å². The van der Waals surface area contributed by atoms with Crippen molar-refractivity contribution in [3.63, 3.8) is 0 Å². The van der Waals surface area contributed by atoms with Crippen molar-refractivity contribution in [1.29, 1.82) is 0 Å². The Balaban J connectivity index is 1.47. The second-order valence-electron chi connectivity index (χ2n) is 11.1. The molecule has 220 valence electrons. The number of carboxylic acids is 1. The highest BCUT2D eigenvalue weighted by atomic mass is 35.5. The van der Waals surface area contributed by atoms with Gasteiger partial charge in [0.05, 0.1) is 27.4 Å². The number of rotatable bonds is 10. The summed E-state index contributed by atoms with van der Waals surface area (Å²) < 4.78 is 0. The second kappa shape index (κ2) is 13.1. The molecule has 1 heterocycles. The summed E-state index contributed by atoms with van der Waals surface area (Å²) in [5.41, 5.74) is 3.58. The summed E-state index contributed by atoms with van der Waals surface area (Å²) in [4.78, 5) is 41.0. The molecule has 1 amide bonds. The summed E-state index contributed by atoms with van der Waals surface area (Å²) in [6, 6.07) is 17.1. The molecule has 0 bridgehead atoms. The highest BCUT2D eigenvalue weighted by Gasteiger charge is 2.37. The lowest BCUT2D eigenvalue weighted by atomic mass is 9.98. The molecular weight excluding hydrogens is 577 g/mol. The molecule has 1 atom stereocenters. The Labute approximate surface area is 255 Å². The van der Waals surface area contributed by atoms with Crippen molar-refractivity contribution >= 4 is 46.5 Å². The van der Waals surface area contributed by atoms with E-state index in [2.05, 4.69) is 4.90 Å². The van der Waals surface area contributed by atoms with E-state index in [9.17, 15) is 24.8 Å². The second-order valence-corrected chi connectivity index (χ2v) is 11.9. The first kappa shape index (κ1) is 29.9. The lowest BCUT2D eigenvalue weighted by Crippen LogP contribution is -2.36. The van der Waals surface area contributed by atoms with Gasteiger partial charge in [0.25, 0.3) is 5.69 Å². The van der Waals surface area contributed by atoms with E-state index in [1.807, 2.05) is 36.4 Å². The third-order valence-corrected chi connectivity index (χ3v) is 8.75. The van der Waals surface area contributed by atoms with Crippen LogP contribution in [0.3, 0.4) is 0 Å². The standard InChI is InChI=1S/C32H33Cl2N3O5/c33-26-12-10-25(17-27(26)34)29(19-31(38)39)36(32(40)22-8-9-22)20-21-6-5-7-23(16-21)24-11-13-28(30(18-24)37(41)42)35-14-3-1-2-4-15-35/h5-7,10-13,16-18,22,29H,1-4,8-9,14-15,19-20H2,(H,38,39). The normalized spacial score (nSPS) is 16.0. The van der Waals surface area contributed by atoms with Crippen molar-refractivity contribution in [3.8, 4) is 11.1 Å². The number of anilines is 1. The first-order chi connectivity index (χ1) is 20.2. The van der Waals surface area contributed by atoms with Crippen LogP contribution >= 0.6 is 23.2 Å². The van der Waals surface area contributed by atoms with Crippen molar-refractivity contribution in [1.82, 2.24) is 4.90 Å². The van der Waals surface area contributed by atoms with Gasteiger partial charge in [0.15, 0.2) is 0 Å².